The number of halogens is 6. The van der Waals surface area contributed by atoms with Gasteiger partial charge in [-0.1, -0.05) is 103 Å². The van der Waals surface area contributed by atoms with Crippen LogP contribution in [0.15, 0.2) is 133 Å². The van der Waals surface area contributed by atoms with Crippen LogP contribution in [-0.4, -0.2) is 6.18 Å². The Kier molecular flexibility index (Phi) is 5.92. The monoisotopic (exact) mass is 640 g/mol. The van der Waals surface area contributed by atoms with Crippen molar-refractivity contribution in [2.45, 2.75) is 12.1 Å². The maximum atomic E-state index is 14.9. The molecule has 0 aliphatic rings. The Morgan fingerprint density at radius 1 is 0.396 bits per heavy atom. The average Bonchev–Trinajstić information content (AvgIpc) is 3.09. The van der Waals surface area contributed by atoms with E-state index < -0.39 is 17.7 Å². The van der Waals surface area contributed by atoms with Gasteiger partial charge >= 0.3 is 12.1 Å². The van der Waals surface area contributed by atoms with E-state index in [9.17, 15) is 26.3 Å². The van der Waals surface area contributed by atoms with Crippen molar-refractivity contribution in [3.63, 3.8) is 0 Å². The molecule has 9 rings (SSSR count). The molecule has 48 heavy (non-hydrogen) atoms. The lowest BCUT2D eigenvalue weighted by atomic mass is 9.83. The third-order valence-corrected chi connectivity index (χ3v) is 9.61. The predicted molar refractivity (Wildman–Crippen MR) is 183 cm³/mol. The summed E-state index contributed by atoms with van der Waals surface area (Å²) in [4.78, 5) is 0. The molecule has 0 N–H and O–H groups in total. The first-order valence-corrected chi connectivity index (χ1v) is 15.4. The highest BCUT2D eigenvalue weighted by atomic mass is 19.4. The third-order valence-electron chi connectivity index (χ3n) is 9.61. The summed E-state index contributed by atoms with van der Waals surface area (Å²) in [7, 11) is 0. The van der Waals surface area contributed by atoms with Crippen molar-refractivity contribution in [2.75, 3.05) is 0 Å². The molecule has 0 saturated heterocycles. The molecule has 0 aliphatic heterocycles. The van der Waals surface area contributed by atoms with Crippen molar-refractivity contribution in [2.24, 2.45) is 0 Å². The van der Waals surface area contributed by atoms with E-state index in [2.05, 4.69) is 36.4 Å². The smallest absolute Gasteiger partial charge is 0.206 e. The second-order valence-corrected chi connectivity index (χ2v) is 12.3. The second kappa shape index (κ2) is 9.94. The summed E-state index contributed by atoms with van der Waals surface area (Å²) < 4.78 is 83.5. The van der Waals surface area contributed by atoms with E-state index in [1.165, 1.54) is 6.07 Å². The molecule has 6 heteroatoms. The highest BCUT2D eigenvalue weighted by Gasteiger charge is 2.58. The first kappa shape index (κ1) is 28.6. The fraction of sp³-hybridized carbons (Fsp3) is 0.0476. The van der Waals surface area contributed by atoms with Crippen molar-refractivity contribution in [1.29, 1.82) is 0 Å². The quantitative estimate of drug-likeness (QED) is 0.102. The van der Waals surface area contributed by atoms with E-state index in [1.54, 1.807) is 30.3 Å². The number of benzene rings is 9. The Labute approximate surface area is 269 Å². The summed E-state index contributed by atoms with van der Waals surface area (Å²) in [6.45, 7) is 0. The minimum Gasteiger partial charge on any atom is -0.206 e. The van der Waals surface area contributed by atoms with Crippen molar-refractivity contribution >= 4 is 64.6 Å². The number of hydrogen-bond acceptors (Lipinski definition) is 0. The van der Waals surface area contributed by atoms with Crippen LogP contribution in [0.3, 0.4) is 0 Å². The first-order chi connectivity index (χ1) is 23.1. The molecule has 0 spiro atoms. The molecule has 9 aromatic rings. The molecule has 0 fully saturated rings. The van der Waals surface area contributed by atoms with Crippen LogP contribution in [0.1, 0.15) is 5.56 Å². The lowest BCUT2D eigenvalue weighted by Gasteiger charge is -2.22. The van der Waals surface area contributed by atoms with Gasteiger partial charge in [-0.15, -0.1) is 0 Å². The van der Waals surface area contributed by atoms with Crippen molar-refractivity contribution in [1.82, 2.24) is 0 Å². The predicted octanol–water partition coefficient (Wildman–Crippen LogP) is 13.2. The molecular formula is C42H22F6. The summed E-state index contributed by atoms with van der Waals surface area (Å²) >= 11 is 0. The molecule has 0 unspecified atom stereocenters. The van der Waals surface area contributed by atoms with Gasteiger partial charge in [0.15, 0.2) is 0 Å². The maximum Gasteiger partial charge on any atom is 0.458 e. The number of alkyl halides is 5. The molecule has 0 radical (unpaired) electrons. The van der Waals surface area contributed by atoms with Gasteiger partial charge in [0.2, 0.25) is 0 Å². The Bertz CT molecular complexity index is 2630. The molecule has 232 valence electrons. The normalized spacial score (nSPS) is 12.8. The number of rotatable bonds is 3. The van der Waals surface area contributed by atoms with Gasteiger partial charge in [0, 0.05) is 10.9 Å². The zero-order valence-corrected chi connectivity index (χ0v) is 25.0. The lowest BCUT2D eigenvalue weighted by Crippen LogP contribution is -2.33. The Morgan fingerprint density at radius 3 is 1.29 bits per heavy atom. The molecular weight excluding hydrogens is 618 g/mol. The fourth-order valence-electron chi connectivity index (χ4n) is 7.54. The van der Waals surface area contributed by atoms with Gasteiger partial charge in [-0.3, -0.25) is 0 Å². The molecule has 0 amide bonds. The van der Waals surface area contributed by atoms with E-state index in [4.69, 9.17) is 0 Å². The lowest BCUT2D eigenvalue weighted by molar-refractivity contribution is -0.289. The number of fused-ring (bicyclic) bond motifs is 3. The van der Waals surface area contributed by atoms with Crippen LogP contribution >= 0.6 is 0 Å². The van der Waals surface area contributed by atoms with E-state index in [-0.39, 0.29) is 5.82 Å². The fourth-order valence-corrected chi connectivity index (χ4v) is 7.54. The van der Waals surface area contributed by atoms with Gasteiger partial charge in [-0.2, -0.15) is 22.0 Å². The number of hydrogen-bond donors (Lipinski definition) is 0. The molecule has 9 aromatic carbocycles. The van der Waals surface area contributed by atoms with Crippen LogP contribution < -0.4 is 0 Å². The third kappa shape index (κ3) is 3.98. The van der Waals surface area contributed by atoms with Gasteiger partial charge in [-0.05, 0) is 112 Å². The van der Waals surface area contributed by atoms with Crippen molar-refractivity contribution < 1.29 is 26.3 Å². The van der Waals surface area contributed by atoms with Gasteiger partial charge < -0.3 is 0 Å². The average molecular weight is 641 g/mol. The minimum atomic E-state index is -5.70. The highest BCUT2D eigenvalue weighted by molar-refractivity contribution is 6.27. The van der Waals surface area contributed by atoms with E-state index in [1.807, 2.05) is 48.5 Å². The molecule has 0 aromatic heterocycles. The summed E-state index contributed by atoms with van der Waals surface area (Å²) in [6, 6.07) is 39.9. The standard InChI is InChI=1S/C42H22F6/c43-36-18-17-35(29-7-1-2-8-30(29)36)40-33-11-5-3-9-31(33)39(32-10-4-6-12-34(32)40)27-19-23-13-15-25-21-28(41(44,45)42(46,47)48)22-26-16-14-24(20-27)37(23)38(25)26/h1-22H. The van der Waals surface area contributed by atoms with Crippen LogP contribution in [0.25, 0.3) is 86.9 Å². The molecule has 0 bridgehead atoms. The minimum absolute atomic E-state index is 0.279. The molecule has 0 heterocycles. The van der Waals surface area contributed by atoms with Crippen molar-refractivity contribution in [3.8, 4) is 22.3 Å². The summed E-state index contributed by atoms with van der Waals surface area (Å²) in [5.41, 5.74) is 2.80. The van der Waals surface area contributed by atoms with E-state index >= 15 is 0 Å². The van der Waals surface area contributed by atoms with Crippen LogP contribution in [-0.2, 0) is 5.92 Å². The van der Waals surface area contributed by atoms with Gasteiger partial charge in [0.25, 0.3) is 0 Å². The Hall–Kier alpha value is -5.62. The zero-order chi connectivity index (χ0) is 32.9. The van der Waals surface area contributed by atoms with Crippen LogP contribution in [0.4, 0.5) is 26.3 Å². The topological polar surface area (TPSA) is 0 Å². The highest BCUT2D eigenvalue weighted by Crippen LogP contribution is 2.49. The SMILES string of the molecule is Fc1ccc(-c2c3ccccc3c(-c3cc4ccc5cc(C(F)(F)C(F)(F)F)cc6ccc(c3)c4c56)c3ccccc23)c2ccccc12. The molecule has 0 nitrogen and oxygen atoms in total. The summed E-state index contributed by atoms with van der Waals surface area (Å²) in [5, 5.41) is 9.18. The van der Waals surface area contributed by atoms with Gasteiger partial charge in [0.05, 0.1) is 0 Å². The van der Waals surface area contributed by atoms with E-state index in [0.717, 1.165) is 77.5 Å². The van der Waals surface area contributed by atoms with E-state index in [0.29, 0.717) is 21.5 Å². The summed E-state index contributed by atoms with van der Waals surface area (Å²) in [5.74, 6) is -5.25. The Morgan fingerprint density at radius 2 is 0.812 bits per heavy atom. The van der Waals surface area contributed by atoms with Crippen LogP contribution in [0, 0.1) is 5.82 Å². The van der Waals surface area contributed by atoms with Gasteiger partial charge in [-0.25, -0.2) is 4.39 Å². The Balaban J connectivity index is 1.33. The first-order valence-electron chi connectivity index (χ1n) is 15.4. The molecule has 0 saturated carbocycles. The summed E-state index contributed by atoms with van der Waals surface area (Å²) in [6.07, 6.45) is -5.70. The largest absolute Gasteiger partial charge is 0.458 e. The molecule has 0 aliphatic carbocycles. The maximum absolute atomic E-state index is 14.9. The van der Waals surface area contributed by atoms with Crippen LogP contribution in [0.5, 0.6) is 0 Å². The van der Waals surface area contributed by atoms with Crippen molar-refractivity contribution in [3.05, 3.63) is 145 Å². The molecule has 0 atom stereocenters. The second-order valence-electron chi connectivity index (χ2n) is 12.3. The zero-order valence-electron chi connectivity index (χ0n) is 25.0. The van der Waals surface area contributed by atoms with Gasteiger partial charge in [0.1, 0.15) is 5.82 Å². The van der Waals surface area contributed by atoms with Crippen LogP contribution in [0.2, 0.25) is 0 Å².